The summed E-state index contributed by atoms with van der Waals surface area (Å²) < 4.78 is 0. The van der Waals surface area contributed by atoms with E-state index in [0.29, 0.717) is 5.92 Å². The first-order valence-corrected chi connectivity index (χ1v) is 5.21. The van der Waals surface area contributed by atoms with E-state index in [1.165, 1.54) is 5.57 Å². The maximum atomic E-state index is 10.0. The van der Waals surface area contributed by atoms with Crippen molar-refractivity contribution in [2.24, 2.45) is 17.4 Å². The van der Waals surface area contributed by atoms with Gasteiger partial charge in [0, 0.05) is 0 Å². The van der Waals surface area contributed by atoms with Crippen LogP contribution in [0.1, 0.15) is 40.0 Å². The number of allylic oxidation sites excluding steroid dienone is 1. The molecule has 0 saturated heterocycles. The zero-order valence-corrected chi connectivity index (χ0v) is 9.79. The lowest BCUT2D eigenvalue weighted by molar-refractivity contribution is -0.0140. The Morgan fingerprint density at radius 1 is 1.53 bits per heavy atom. The van der Waals surface area contributed by atoms with Gasteiger partial charge in [-0.2, -0.15) is 0 Å². The highest BCUT2D eigenvalue weighted by atomic mass is 16.3. The first kappa shape index (κ1) is 14.0. The molecule has 0 bridgehead atoms. The zero-order valence-electron chi connectivity index (χ0n) is 9.79. The molecule has 0 aromatic rings. The van der Waals surface area contributed by atoms with Gasteiger partial charge >= 0.3 is 6.03 Å². The number of hydrogen-bond donors (Lipinski definition) is 3. The Labute approximate surface area is 91.3 Å². The highest BCUT2D eigenvalue weighted by molar-refractivity contribution is 5.69. The van der Waals surface area contributed by atoms with E-state index in [-0.39, 0.29) is 0 Å². The molecule has 2 amide bonds. The summed E-state index contributed by atoms with van der Waals surface area (Å²) in [5.74, 6) is 0.381. The van der Waals surface area contributed by atoms with Crippen molar-refractivity contribution >= 4 is 6.03 Å². The van der Waals surface area contributed by atoms with Crippen molar-refractivity contribution in [1.82, 2.24) is 0 Å². The molecule has 4 nitrogen and oxygen atoms in total. The predicted octanol–water partition coefficient (Wildman–Crippen LogP) is 1.53. The topological polar surface area (TPSA) is 89.3 Å². The average molecular weight is 214 g/mol. The minimum Gasteiger partial charge on any atom is -0.389 e. The summed E-state index contributed by atoms with van der Waals surface area (Å²) >= 11 is 0. The van der Waals surface area contributed by atoms with Crippen LogP contribution in [-0.4, -0.2) is 16.7 Å². The number of rotatable bonds is 1. The average Bonchev–Trinajstić information content (AvgIpc) is 2.09. The summed E-state index contributed by atoms with van der Waals surface area (Å²) in [6, 6.07) is -0.833. The van der Waals surface area contributed by atoms with E-state index in [4.69, 9.17) is 4.79 Å². The monoisotopic (exact) mass is 214 g/mol. The highest BCUT2D eigenvalue weighted by Gasteiger charge is 2.31. The Hall–Kier alpha value is -1.03. The van der Waals surface area contributed by atoms with E-state index >= 15 is 0 Å². The van der Waals surface area contributed by atoms with Gasteiger partial charge in [-0.1, -0.05) is 25.5 Å². The van der Waals surface area contributed by atoms with Crippen LogP contribution in [0.2, 0.25) is 0 Å². The number of carbonyl (C=O) groups is 1. The maximum absolute atomic E-state index is 10.0. The molecule has 4 heteroatoms. The molecular formula is C11H22N2O2. The van der Waals surface area contributed by atoms with Crippen LogP contribution >= 0.6 is 0 Å². The fourth-order valence-electron chi connectivity index (χ4n) is 1.49. The molecule has 0 saturated carbocycles. The van der Waals surface area contributed by atoms with Crippen LogP contribution in [-0.2, 0) is 0 Å². The van der Waals surface area contributed by atoms with Gasteiger partial charge < -0.3 is 16.6 Å². The van der Waals surface area contributed by atoms with Crippen molar-refractivity contribution in [2.75, 3.05) is 0 Å². The van der Waals surface area contributed by atoms with Crippen molar-refractivity contribution in [3.05, 3.63) is 11.6 Å². The number of primary amides is 2. The molecule has 15 heavy (non-hydrogen) atoms. The second-order valence-corrected chi connectivity index (χ2v) is 4.42. The number of amides is 2. The molecule has 0 spiro atoms. The summed E-state index contributed by atoms with van der Waals surface area (Å²) in [4.78, 5) is 9.00. The van der Waals surface area contributed by atoms with Gasteiger partial charge in [0.25, 0.3) is 0 Å². The summed E-state index contributed by atoms with van der Waals surface area (Å²) in [6.07, 6.45) is 5.02. The molecule has 5 N–H and O–H groups in total. The zero-order chi connectivity index (χ0) is 12.1. The van der Waals surface area contributed by atoms with Crippen LogP contribution in [0.25, 0.3) is 0 Å². The van der Waals surface area contributed by atoms with Crippen LogP contribution in [0.5, 0.6) is 0 Å². The van der Waals surface area contributed by atoms with E-state index in [2.05, 4.69) is 38.3 Å². The molecule has 1 aliphatic carbocycles. The van der Waals surface area contributed by atoms with Crippen molar-refractivity contribution < 1.29 is 9.90 Å². The largest absolute Gasteiger partial charge is 0.389 e. The predicted molar refractivity (Wildman–Crippen MR) is 61.2 cm³/mol. The lowest BCUT2D eigenvalue weighted by atomic mass is 9.78. The number of carbonyl (C=O) groups excluding carboxylic acids is 1. The quantitative estimate of drug-likeness (QED) is 0.578. The molecule has 0 heterocycles. The lowest BCUT2D eigenvalue weighted by Crippen LogP contribution is -2.36. The second-order valence-electron chi connectivity index (χ2n) is 4.42. The molecular weight excluding hydrogens is 192 g/mol. The van der Waals surface area contributed by atoms with Gasteiger partial charge in [-0.15, -0.1) is 0 Å². The first-order valence-electron chi connectivity index (χ1n) is 5.21. The standard InChI is InChI=1S/C10H18O.CH4N2O/c1-8(2)10(11)6-4-9(3)5-7-10;2-1(3)4/h4,8,11H,5-7H2,1-3H3;(H4,2,3,4). The van der Waals surface area contributed by atoms with E-state index in [1.54, 1.807) is 0 Å². The van der Waals surface area contributed by atoms with Gasteiger partial charge in [0.05, 0.1) is 5.60 Å². The summed E-state index contributed by atoms with van der Waals surface area (Å²) in [5, 5.41) is 10.0. The lowest BCUT2D eigenvalue weighted by Gasteiger charge is -2.34. The van der Waals surface area contributed by atoms with Crippen LogP contribution in [0.4, 0.5) is 4.79 Å². The number of hydrogen-bond acceptors (Lipinski definition) is 2. The molecule has 1 atom stereocenters. The number of nitrogens with two attached hydrogens (primary N) is 2. The summed E-state index contributed by atoms with van der Waals surface area (Å²) in [7, 11) is 0. The third-order valence-electron chi connectivity index (χ3n) is 2.83. The van der Waals surface area contributed by atoms with Crippen LogP contribution in [0.15, 0.2) is 11.6 Å². The minimum absolute atomic E-state index is 0.381. The Kier molecular flexibility index (Phi) is 5.36. The third kappa shape index (κ3) is 5.42. The Morgan fingerprint density at radius 3 is 2.27 bits per heavy atom. The molecule has 1 rings (SSSR count). The van der Waals surface area contributed by atoms with Crippen molar-refractivity contribution in [3.8, 4) is 0 Å². The maximum Gasteiger partial charge on any atom is 0.309 e. The van der Waals surface area contributed by atoms with Gasteiger partial charge in [0.2, 0.25) is 0 Å². The molecule has 0 aromatic heterocycles. The van der Waals surface area contributed by atoms with E-state index in [1.807, 2.05) is 0 Å². The third-order valence-corrected chi connectivity index (χ3v) is 2.83. The molecule has 0 fully saturated rings. The minimum atomic E-state index is -0.833. The first-order chi connectivity index (χ1) is 6.78. The fourth-order valence-corrected chi connectivity index (χ4v) is 1.49. The van der Waals surface area contributed by atoms with Gasteiger partial charge in [-0.05, 0) is 32.1 Å². The van der Waals surface area contributed by atoms with Gasteiger partial charge in [0.15, 0.2) is 0 Å². The second kappa shape index (κ2) is 5.75. The summed E-state index contributed by atoms with van der Waals surface area (Å²) in [5.41, 5.74) is 9.51. The van der Waals surface area contributed by atoms with E-state index < -0.39 is 11.6 Å². The Bertz CT molecular complexity index is 245. The van der Waals surface area contributed by atoms with Crippen molar-refractivity contribution in [2.45, 2.75) is 45.6 Å². The van der Waals surface area contributed by atoms with E-state index in [0.717, 1.165) is 19.3 Å². The van der Waals surface area contributed by atoms with Crippen LogP contribution < -0.4 is 11.5 Å². The number of urea groups is 1. The van der Waals surface area contributed by atoms with Crippen LogP contribution in [0.3, 0.4) is 0 Å². The molecule has 0 aliphatic heterocycles. The SMILES string of the molecule is CC1=CCC(O)(C(C)C)CC1.NC(N)=O. The molecule has 1 unspecified atom stereocenters. The Morgan fingerprint density at radius 2 is 2.00 bits per heavy atom. The normalized spacial score (nSPS) is 25.3. The molecule has 0 radical (unpaired) electrons. The summed E-state index contributed by atoms with van der Waals surface area (Å²) in [6.45, 7) is 6.32. The van der Waals surface area contributed by atoms with E-state index in [9.17, 15) is 5.11 Å². The van der Waals surface area contributed by atoms with Crippen molar-refractivity contribution in [1.29, 1.82) is 0 Å². The fraction of sp³-hybridized carbons (Fsp3) is 0.727. The molecule has 88 valence electrons. The molecule has 1 aliphatic rings. The van der Waals surface area contributed by atoms with Gasteiger partial charge in [-0.25, -0.2) is 4.79 Å². The van der Waals surface area contributed by atoms with Crippen molar-refractivity contribution in [3.63, 3.8) is 0 Å². The number of aliphatic hydroxyl groups is 1. The smallest absolute Gasteiger partial charge is 0.309 e. The van der Waals surface area contributed by atoms with Crippen LogP contribution in [0, 0.1) is 5.92 Å². The molecule has 0 aromatic carbocycles. The Balaban J connectivity index is 0.000000423. The highest BCUT2D eigenvalue weighted by Crippen LogP contribution is 2.32. The van der Waals surface area contributed by atoms with Gasteiger partial charge in [0.1, 0.15) is 0 Å². The van der Waals surface area contributed by atoms with Gasteiger partial charge in [-0.3, -0.25) is 0 Å².